The molecule has 0 unspecified atom stereocenters. The standard InChI is InChI=1S/C15H18FN3O2S/c1-3-19(4-2)22(20,21)14-9-10-15(17-11-14)18-13-7-5-12(16)6-8-13/h5-11H,3-4H2,1-2H3,(H,17,18). The monoisotopic (exact) mass is 323 g/mol. The molecule has 2 aromatic rings. The molecule has 0 amide bonds. The fraction of sp³-hybridized carbons (Fsp3) is 0.267. The Morgan fingerprint density at radius 2 is 1.73 bits per heavy atom. The molecule has 0 spiro atoms. The van der Waals surface area contributed by atoms with Gasteiger partial charge in [0.2, 0.25) is 10.0 Å². The highest BCUT2D eigenvalue weighted by molar-refractivity contribution is 7.89. The van der Waals surface area contributed by atoms with E-state index in [2.05, 4.69) is 10.3 Å². The molecule has 0 aliphatic rings. The summed E-state index contributed by atoms with van der Waals surface area (Å²) >= 11 is 0. The number of aromatic nitrogens is 1. The maximum Gasteiger partial charge on any atom is 0.244 e. The fourth-order valence-corrected chi connectivity index (χ4v) is 3.40. The first-order chi connectivity index (χ1) is 10.5. The molecule has 1 heterocycles. The number of benzene rings is 1. The Bertz CT molecular complexity index is 711. The third kappa shape index (κ3) is 3.61. The normalized spacial score (nSPS) is 11.6. The predicted molar refractivity (Wildman–Crippen MR) is 84.0 cm³/mol. The number of nitrogens with one attached hydrogen (secondary N) is 1. The summed E-state index contributed by atoms with van der Waals surface area (Å²) in [6.45, 7) is 4.40. The molecule has 0 atom stereocenters. The zero-order valence-electron chi connectivity index (χ0n) is 12.5. The minimum absolute atomic E-state index is 0.154. The van der Waals surface area contributed by atoms with Crippen molar-refractivity contribution >= 4 is 21.5 Å². The van der Waals surface area contributed by atoms with Crippen molar-refractivity contribution in [3.63, 3.8) is 0 Å². The Balaban J connectivity index is 2.18. The summed E-state index contributed by atoms with van der Waals surface area (Å²) < 4.78 is 38.9. The third-order valence-electron chi connectivity index (χ3n) is 3.20. The molecule has 0 radical (unpaired) electrons. The molecular formula is C15H18FN3O2S. The lowest BCUT2D eigenvalue weighted by Crippen LogP contribution is -2.30. The second-order valence-electron chi connectivity index (χ2n) is 4.60. The van der Waals surface area contributed by atoms with Crippen LogP contribution in [-0.4, -0.2) is 30.8 Å². The van der Waals surface area contributed by atoms with E-state index in [0.29, 0.717) is 24.6 Å². The van der Waals surface area contributed by atoms with E-state index in [4.69, 9.17) is 0 Å². The molecule has 0 aliphatic heterocycles. The van der Waals surface area contributed by atoms with E-state index in [1.165, 1.54) is 28.7 Å². The van der Waals surface area contributed by atoms with Crippen LogP contribution in [0, 0.1) is 5.82 Å². The number of rotatable bonds is 6. The molecule has 1 aromatic carbocycles. The van der Waals surface area contributed by atoms with Gasteiger partial charge in [0.1, 0.15) is 16.5 Å². The molecule has 0 bridgehead atoms. The highest BCUT2D eigenvalue weighted by atomic mass is 32.2. The molecule has 118 valence electrons. The Morgan fingerprint density at radius 3 is 2.23 bits per heavy atom. The second-order valence-corrected chi connectivity index (χ2v) is 6.54. The van der Waals surface area contributed by atoms with Gasteiger partial charge in [0.05, 0.1) is 0 Å². The topological polar surface area (TPSA) is 62.3 Å². The van der Waals surface area contributed by atoms with Gasteiger partial charge in [-0.3, -0.25) is 0 Å². The number of halogens is 1. The van der Waals surface area contributed by atoms with Gasteiger partial charge in [-0.05, 0) is 36.4 Å². The Kier molecular flexibility index (Phi) is 5.10. The first kappa shape index (κ1) is 16.4. The zero-order chi connectivity index (χ0) is 16.2. The van der Waals surface area contributed by atoms with Gasteiger partial charge in [-0.15, -0.1) is 0 Å². The highest BCUT2D eigenvalue weighted by Gasteiger charge is 2.21. The second kappa shape index (κ2) is 6.85. The largest absolute Gasteiger partial charge is 0.340 e. The minimum atomic E-state index is -3.50. The summed E-state index contributed by atoms with van der Waals surface area (Å²) in [7, 11) is -3.50. The molecule has 1 N–H and O–H groups in total. The van der Waals surface area contributed by atoms with Crippen LogP contribution in [0.4, 0.5) is 15.9 Å². The molecule has 22 heavy (non-hydrogen) atoms. The zero-order valence-corrected chi connectivity index (χ0v) is 13.3. The number of pyridine rings is 1. The average Bonchev–Trinajstić information content (AvgIpc) is 2.51. The van der Waals surface area contributed by atoms with Gasteiger partial charge in [-0.25, -0.2) is 17.8 Å². The van der Waals surface area contributed by atoms with Crippen LogP contribution in [0.2, 0.25) is 0 Å². The number of hydrogen-bond donors (Lipinski definition) is 1. The number of anilines is 2. The predicted octanol–water partition coefficient (Wildman–Crippen LogP) is 2.99. The SMILES string of the molecule is CCN(CC)S(=O)(=O)c1ccc(Nc2ccc(F)cc2)nc1. The molecule has 0 saturated carbocycles. The molecule has 1 aromatic heterocycles. The van der Waals surface area contributed by atoms with Crippen LogP contribution in [0.25, 0.3) is 0 Å². The van der Waals surface area contributed by atoms with E-state index in [1.54, 1.807) is 32.0 Å². The van der Waals surface area contributed by atoms with Crippen molar-refractivity contribution < 1.29 is 12.8 Å². The average molecular weight is 323 g/mol. The number of hydrogen-bond acceptors (Lipinski definition) is 4. The third-order valence-corrected chi connectivity index (χ3v) is 5.23. The van der Waals surface area contributed by atoms with Gasteiger partial charge in [0.15, 0.2) is 0 Å². The Hall–Kier alpha value is -1.99. The van der Waals surface area contributed by atoms with Crippen LogP contribution in [-0.2, 0) is 10.0 Å². The summed E-state index contributed by atoms with van der Waals surface area (Å²) in [5.41, 5.74) is 0.674. The van der Waals surface area contributed by atoms with Gasteiger partial charge in [-0.2, -0.15) is 4.31 Å². The lowest BCUT2D eigenvalue weighted by atomic mass is 10.3. The fourth-order valence-electron chi connectivity index (χ4n) is 2.00. The van der Waals surface area contributed by atoms with Crippen molar-refractivity contribution in [2.24, 2.45) is 0 Å². The van der Waals surface area contributed by atoms with Crippen LogP contribution in [0.15, 0.2) is 47.5 Å². The van der Waals surface area contributed by atoms with E-state index < -0.39 is 10.0 Å². The summed E-state index contributed by atoms with van der Waals surface area (Å²) in [5, 5.41) is 2.98. The van der Waals surface area contributed by atoms with Crippen LogP contribution in [0.1, 0.15) is 13.8 Å². The van der Waals surface area contributed by atoms with E-state index in [-0.39, 0.29) is 10.7 Å². The van der Waals surface area contributed by atoms with E-state index in [9.17, 15) is 12.8 Å². The van der Waals surface area contributed by atoms with Crippen molar-refractivity contribution in [2.45, 2.75) is 18.7 Å². The van der Waals surface area contributed by atoms with E-state index >= 15 is 0 Å². The lowest BCUT2D eigenvalue weighted by molar-refractivity contribution is 0.445. The van der Waals surface area contributed by atoms with Crippen molar-refractivity contribution in [1.29, 1.82) is 0 Å². The molecule has 0 fully saturated rings. The first-order valence-electron chi connectivity index (χ1n) is 6.96. The molecule has 2 rings (SSSR count). The van der Waals surface area contributed by atoms with Crippen molar-refractivity contribution in [3.05, 3.63) is 48.4 Å². The molecule has 0 saturated heterocycles. The van der Waals surface area contributed by atoms with Gasteiger partial charge in [0, 0.05) is 25.0 Å². The number of nitrogens with zero attached hydrogens (tertiary/aromatic N) is 2. The molecular weight excluding hydrogens is 305 g/mol. The van der Waals surface area contributed by atoms with Gasteiger partial charge in [0.25, 0.3) is 0 Å². The van der Waals surface area contributed by atoms with Gasteiger partial charge >= 0.3 is 0 Å². The maximum atomic E-state index is 12.8. The quantitative estimate of drug-likeness (QED) is 0.888. The summed E-state index contributed by atoms with van der Waals surface area (Å²) in [5.74, 6) is 0.171. The highest BCUT2D eigenvalue weighted by Crippen LogP contribution is 2.19. The molecule has 5 nitrogen and oxygen atoms in total. The summed E-state index contributed by atoms with van der Waals surface area (Å²) in [4.78, 5) is 4.26. The maximum absolute atomic E-state index is 12.8. The summed E-state index contributed by atoms with van der Waals surface area (Å²) in [6.07, 6.45) is 1.32. The van der Waals surface area contributed by atoms with Gasteiger partial charge in [-0.1, -0.05) is 13.8 Å². The Labute approximate surface area is 129 Å². The Morgan fingerprint density at radius 1 is 1.09 bits per heavy atom. The van der Waals surface area contributed by atoms with E-state index in [0.717, 1.165) is 0 Å². The van der Waals surface area contributed by atoms with Crippen LogP contribution in [0.3, 0.4) is 0 Å². The van der Waals surface area contributed by atoms with Crippen LogP contribution >= 0.6 is 0 Å². The number of sulfonamides is 1. The molecule has 0 aliphatic carbocycles. The lowest BCUT2D eigenvalue weighted by Gasteiger charge is -2.18. The van der Waals surface area contributed by atoms with Crippen LogP contribution in [0.5, 0.6) is 0 Å². The van der Waals surface area contributed by atoms with Crippen LogP contribution < -0.4 is 5.32 Å². The summed E-state index contributed by atoms with van der Waals surface area (Å²) in [6, 6.07) is 8.92. The van der Waals surface area contributed by atoms with Crippen molar-refractivity contribution in [3.8, 4) is 0 Å². The molecule has 7 heteroatoms. The smallest absolute Gasteiger partial charge is 0.244 e. The first-order valence-corrected chi connectivity index (χ1v) is 8.40. The van der Waals surface area contributed by atoms with Crippen molar-refractivity contribution in [2.75, 3.05) is 18.4 Å². The minimum Gasteiger partial charge on any atom is -0.340 e. The van der Waals surface area contributed by atoms with Gasteiger partial charge < -0.3 is 5.32 Å². The van der Waals surface area contributed by atoms with E-state index in [1.807, 2.05) is 0 Å². The van der Waals surface area contributed by atoms with Crippen molar-refractivity contribution in [1.82, 2.24) is 9.29 Å².